The molecule has 106 valence electrons. The maximum atomic E-state index is 12.1. The van der Waals surface area contributed by atoms with Crippen molar-refractivity contribution in [3.8, 4) is 5.75 Å². The number of hydrogen-bond acceptors (Lipinski definition) is 5. The van der Waals surface area contributed by atoms with Crippen LogP contribution in [-0.4, -0.2) is 24.8 Å². The highest BCUT2D eigenvalue weighted by atomic mass is 32.1. The second kappa shape index (κ2) is 6.67. The van der Waals surface area contributed by atoms with Crippen LogP contribution in [0.3, 0.4) is 0 Å². The lowest BCUT2D eigenvalue weighted by Gasteiger charge is -2.12. The molecule has 0 saturated heterocycles. The Hall–Kier alpha value is -1.66. The van der Waals surface area contributed by atoms with Gasteiger partial charge in [-0.15, -0.1) is 22.7 Å². The molecule has 4 nitrogen and oxygen atoms in total. The van der Waals surface area contributed by atoms with Gasteiger partial charge in [0, 0.05) is 12.5 Å². The minimum absolute atomic E-state index is 0.0472. The molecule has 2 rings (SSSR count). The summed E-state index contributed by atoms with van der Waals surface area (Å²) in [6.07, 6.45) is 0.292. The van der Waals surface area contributed by atoms with Crippen LogP contribution in [0, 0.1) is 0 Å². The van der Waals surface area contributed by atoms with Crippen molar-refractivity contribution >= 4 is 34.4 Å². The highest BCUT2D eigenvalue weighted by Crippen LogP contribution is 2.24. The average Bonchev–Trinajstić information content (AvgIpc) is 3.09. The molecule has 0 aliphatic rings. The number of thiophene rings is 2. The van der Waals surface area contributed by atoms with Crippen LogP contribution >= 0.6 is 22.7 Å². The van der Waals surface area contributed by atoms with Crippen molar-refractivity contribution < 1.29 is 14.3 Å². The summed E-state index contributed by atoms with van der Waals surface area (Å²) in [6.45, 7) is 1.82. The highest BCUT2D eigenvalue weighted by Gasteiger charge is 2.18. The number of amides is 1. The van der Waals surface area contributed by atoms with E-state index in [-0.39, 0.29) is 17.7 Å². The molecule has 0 aliphatic heterocycles. The maximum Gasteiger partial charge on any atom is 0.265 e. The molecule has 0 unspecified atom stereocenters. The summed E-state index contributed by atoms with van der Waals surface area (Å²) in [5, 5.41) is 6.49. The number of ketones is 1. The Morgan fingerprint density at radius 1 is 1.30 bits per heavy atom. The van der Waals surface area contributed by atoms with E-state index in [9.17, 15) is 9.59 Å². The SMILES string of the molecule is COc1ccsc1C(=O)N[C@H](C)CC(=O)c1cccs1. The first-order valence-electron chi connectivity index (χ1n) is 6.11. The van der Waals surface area contributed by atoms with Gasteiger partial charge in [-0.25, -0.2) is 0 Å². The first-order valence-corrected chi connectivity index (χ1v) is 7.86. The van der Waals surface area contributed by atoms with Gasteiger partial charge in [0.15, 0.2) is 5.78 Å². The molecule has 0 saturated carbocycles. The van der Waals surface area contributed by atoms with Crippen molar-refractivity contribution in [3.63, 3.8) is 0 Å². The molecule has 2 heterocycles. The molecule has 0 fully saturated rings. The molecule has 0 spiro atoms. The van der Waals surface area contributed by atoms with Crippen LogP contribution in [0.15, 0.2) is 29.0 Å². The number of Topliss-reactive ketones (excluding diaryl/α,β-unsaturated/α-hetero) is 1. The van der Waals surface area contributed by atoms with Crippen molar-refractivity contribution in [2.75, 3.05) is 7.11 Å². The Balaban J connectivity index is 1.93. The summed E-state index contributed by atoms with van der Waals surface area (Å²) in [7, 11) is 1.53. The maximum absolute atomic E-state index is 12.1. The number of carbonyl (C=O) groups excluding carboxylic acids is 2. The van der Waals surface area contributed by atoms with E-state index in [1.165, 1.54) is 29.8 Å². The smallest absolute Gasteiger partial charge is 0.265 e. The van der Waals surface area contributed by atoms with Crippen LogP contribution in [0.4, 0.5) is 0 Å². The van der Waals surface area contributed by atoms with E-state index in [0.717, 1.165) is 4.88 Å². The van der Waals surface area contributed by atoms with E-state index in [4.69, 9.17) is 4.74 Å². The van der Waals surface area contributed by atoms with Crippen LogP contribution in [0.5, 0.6) is 5.75 Å². The Kier molecular flexibility index (Phi) is 4.92. The van der Waals surface area contributed by atoms with Crippen LogP contribution in [0.25, 0.3) is 0 Å². The van der Waals surface area contributed by atoms with Crippen LogP contribution < -0.4 is 10.1 Å². The largest absolute Gasteiger partial charge is 0.495 e. The van der Waals surface area contributed by atoms with Crippen molar-refractivity contribution in [2.45, 2.75) is 19.4 Å². The Morgan fingerprint density at radius 2 is 2.10 bits per heavy atom. The van der Waals surface area contributed by atoms with Gasteiger partial charge in [0.2, 0.25) is 0 Å². The summed E-state index contributed by atoms with van der Waals surface area (Å²) >= 11 is 2.74. The summed E-state index contributed by atoms with van der Waals surface area (Å²) in [5.41, 5.74) is 0. The third kappa shape index (κ3) is 3.46. The number of ether oxygens (including phenoxy) is 1. The zero-order valence-corrected chi connectivity index (χ0v) is 12.8. The highest BCUT2D eigenvalue weighted by molar-refractivity contribution is 7.12. The van der Waals surface area contributed by atoms with E-state index < -0.39 is 0 Å². The predicted octanol–water partition coefficient (Wildman–Crippen LogP) is 3.21. The van der Waals surface area contributed by atoms with Crippen LogP contribution in [0.2, 0.25) is 0 Å². The topological polar surface area (TPSA) is 55.4 Å². The average molecular weight is 309 g/mol. The second-order valence-electron chi connectivity index (χ2n) is 4.30. The van der Waals surface area contributed by atoms with Gasteiger partial charge in [0.25, 0.3) is 5.91 Å². The lowest BCUT2D eigenvalue weighted by molar-refractivity contribution is 0.0920. The van der Waals surface area contributed by atoms with E-state index in [2.05, 4.69) is 5.32 Å². The van der Waals surface area contributed by atoms with E-state index in [0.29, 0.717) is 17.0 Å². The van der Waals surface area contributed by atoms with Crippen molar-refractivity contribution in [1.29, 1.82) is 0 Å². The van der Waals surface area contributed by atoms with E-state index in [1.807, 2.05) is 18.4 Å². The normalized spacial score (nSPS) is 11.9. The fraction of sp³-hybridized carbons (Fsp3) is 0.286. The molecule has 20 heavy (non-hydrogen) atoms. The van der Waals surface area contributed by atoms with Gasteiger partial charge in [-0.2, -0.15) is 0 Å². The van der Waals surface area contributed by atoms with Gasteiger partial charge in [-0.1, -0.05) is 6.07 Å². The number of rotatable bonds is 6. The van der Waals surface area contributed by atoms with E-state index >= 15 is 0 Å². The van der Waals surface area contributed by atoms with Crippen molar-refractivity contribution in [3.05, 3.63) is 38.7 Å². The van der Waals surface area contributed by atoms with Gasteiger partial charge in [-0.05, 0) is 29.8 Å². The minimum Gasteiger partial charge on any atom is -0.495 e. The molecule has 1 atom stereocenters. The Morgan fingerprint density at radius 3 is 2.75 bits per heavy atom. The summed E-state index contributed by atoms with van der Waals surface area (Å²) in [5.74, 6) is 0.401. The number of hydrogen-bond donors (Lipinski definition) is 1. The summed E-state index contributed by atoms with van der Waals surface area (Å²) in [4.78, 5) is 25.3. The molecule has 2 aromatic rings. The standard InChI is InChI=1S/C14H15NO3S2/c1-9(8-10(16)12-4-3-6-19-12)15-14(17)13-11(18-2)5-7-20-13/h3-7,9H,8H2,1-2H3,(H,15,17)/t9-/m1/s1. The first kappa shape index (κ1) is 14.7. The molecule has 6 heteroatoms. The van der Waals surface area contributed by atoms with Crippen LogP contribution in [-0.2, 0) is 0 Å². The van der Waals surface area contributed by atoms with Crippen LogP contribution in [0.1, 0.15) is 32.7 Å². The molecule has 0 bridgehead atoms. The zero-order chi connectivity index (χ0) is 14.5. The predicted molar refractivity (Wildman–Crippen MR) is 81.1 cm³/mol. The molecule has 1 amide bonds. The molecular weight excluding hydrogens is 294 g/mol. The zero-order valence-electron chi connectivity index (χ0n) is 11.2. The third-order valence-corrected chi connectivity index (χ3v) is 4.53. The number of nitrogens with one attached hydrogen (secondary N) is 1. The van der Waals surface area contributed by atoms with Gasteiger partial charge in [-0.3, -0.25) is 9.59 Å². The lowest BCUT2D eigenvalue weighted by atomic mass is 10.1. The number of carbonyl (C=O) groups is 2. The third-order valence-electron chi connectivity index (χ3n) is 2.72. The lowest BCUT2D eigenvalue weighted by Crippen LogP contribution is -2.33. The van der Waals surface area contributed by atoms with Gasteiger partial charge >= 0.3 is 0 Å². The molecule has 0 aliphatic carbocycles. The van der Waals surface area contributed by atoms with Gasteiger partial charge in [0.05, 0.1) is 12.0 Å². The molecule has 1 N–H and O–H groups in total. The molecule has 0 aromatic carbocycles. The van der Waals surface area contributed by atoms with Gasteiger partial charge in [0.1, 0.15) is 10.6 Å². The second-order valence-corrected chi connectivity index (χ2v) is 6.16. The molecular formula is C14H15NO3S2. The fourth-order valence-corrected chi connectivity index (χ4v) is 3.22. The quantitative estimate of drug-likeness (QED) is 0.834. The van der Waals surface area contributed by atoms with Gasteiger partial charge < -0.3 is 10.1 Å². The first-order chi connectivity index (χ1) is 9.61. The van der Waals surface area contributed by atoms with Crippen molar-refractivity contribution in [2.24, 2.45) is 0 Å². The Labute approximate surface area is 125 Å². The van der Waals surface area contributed by atoms with E-state index in [1.54, 1.807) is 17.5 Å². The fourth-order valence-electron chi connectivity index (χ4n) is 1.78. The molecule has 0 radical (unpaired) electrons. The Bertz CT molecular complexity index is 589. The summed E-state index contributed by atoms with van der Waals surface area (Å²) < 4.78 is 5.11. The number of methoxy groups -OCH3 is 1. The molecule has 2 aromatic heterocycles. The van der Waals surface area contributed by atoms with Crippen molar-refractivity contribution in [1.82, 2.24) is 5.32 Å². The summed E-state index contributed by atoms with van der Waals surface area (Å²) in [6, 6.07) is 5.17. The monoisotopic (exact) mass is 309 g/mol. The minimum atomic E-state index is -0.219.